The Morgan fingerprint density at radius 2 is 1.91 bits per heavy atom. The summed E-state index contributed by atoms with van der Waals surface area (Å²) < 4.78 is 16.3. The van der Waals surface area contributed by atoms with Crippen molar-refractivity contribution in [3.63, 3.8) is 0 Å². The zero-order chi connectivity index (χ0) is 31.6. The summed E-state index contributed by atoms with van der Waals surface area (Å²) in [5, 5.41) is 23.3. The fourth-order valence-corrected chi connectivity index (χ4v) is 4.52. The van der Waals surface area contributed by atoms with Crippen molar-refractivity contribution in [1.82, 2.24) is 10.2 Å². The van der Waals surface area contributed by atoms with Gasteiger partial charge in [0.05, 0.1) is 29.9 Å². The van der Waals surface area contributed by atoms with Crippen molar-refractivity contribution in [2.45, 2.75) is 39.2 Å². The fourth-order valence-electron chi connectivity index (χ4n) is 4.52. The average molecular weight is 601 g/mol. The van der Waals surface area contributed by atoms with E-state index in [1.165, 1.54) is 36.6 Å². The van der Waals surface area contributed by atoms with E-state index in [0.717, 1.165) is 4.90 Å². The Bertz CT molecular complexity index is 1650. The molecule has 4 rings (SSSR count). The van der Waals surface area contributed by atoms with Gasteiger partial charge < -0.3 is 19.2 Å². The van der Waals surface area contributed by atoms with Crippen LogP contribution in [-0.4, -0.2) is 46.7 Å². The number of benzene rings is 2. The molecule has 0 bridgehead atoms. The molecule has 0 aliphatic carbocycles. The highest BCUT2D eigenvalue weighted by atomic mass is 16.6. The third-order valence-corrected chi connectivity index (χ3v) is 6.61. The molecule has 1 aliphatic heterocycles. The van der Waals surface area contributed by atoms with Gasteiger partial charge in [-0.3, -0.25) is 34.2 Å². The van der Waals surface area contributed by atoms with Crippen LogP contribution in [0.1, 0.15) is 64.6 Å². The Hall–Kier alpha value is -5.77. The zero-order valence-corrected chi connectivity index (χ0v) is 23.7. The molecule has 13 nitrogen and oxygen atoms in total. The fraction of sp³-hybridized carbons (Fsp3) is 0.258. The lowest BCUT2D eigenvalue weighted by Crippen LogP contribution is -2.30. The second kappa shape index (κ2) is 14.4. The number of ether oxygens (including phenoxy) is 2. The number of carbonyl (C=O) groups excluding carboxylic acids is 4. The predicted molar refractivity (Wildman–Crippen MR) is 154 cm³/mol. The summed E-state index contributed by atoms with van der Waals surface area (Å²) in [5.41, 5.74) is -0.246. The monoisotopic (exact) mass is 600 g/mol. The molecule has 0 spiro atoms. The first-order valence-electron chi connectivity index (χ1n) is 13.8. The molecule has 1 N–H and O–H groups in total. The second-order valence-electron chi connectivity index (χ2n) is 9.57. The number of esters is 1. The van der Waals surface area contributed by atoms with Crippen LogP contribution in [0.5, 0.6) is 11.5 Å². The van der Waals surface area contributed by atoms with E-state index in [-0.39, 0.29) is 54.3 Å². The number of hydrogen-bond donors (Lipinski definition) is 1. The highest BCUT2D eigenvalue weighted by Gasteiger charge is 2.40. The lowest BCUT2D eigenvalue weighted by atomic mass is 10.1. The number of imide groups is 1. The van der Waals surface area contributed by atoms with Crippen LogP contribution in [0.2, 0.25) is 0 Å². The summed E-state index contributed by atoms with van der Waals surface area (Å²) in [7, 11) is 0. The van der Waals surface area contributed by atoms with E-state index in [2.05, 4.69) is 5.32 Å². The summed E-state index contributed by atoms with van der Waals surface area (Å²) in [6.07, 6.45) is 4.21. The molecule has 0 saturated carbocycles. The summed E-state index contributed by atoms with van der Waals surface area (Å²) in [6.45, 7) is 2.21. The van der Waals surface area contributed by atoms with E-state index in [9.17, 15) is 34.6 Å². The number of furan rings is 1. The standard InChI is InChI=1S/C31H28N4O9/c1-2-42-26-17-20(16-21(18-32)29(37)33-19-22-8-7-15-43-22)12-13-25(26)44-27(36)11-4-3-5-14-34-30(38)23-9-6-10-24(35(40)41)28(23)31(34)39/h6-10,12-13,15-17H,2-5,11,14,19H2,1H3,(H,33,37)/b21-16+. The van der Waals surface area contributed by atoms with Gasteiger partial charge in [-0.05, 0) is 61.7 Å². The van der Waals surface area contributed by atoms with Crippen LogP contribution in [0.3, 0.4) is 0 Å². The molecular formula is C31H28N4O9. The van der Waals surface area contributed by atoms with E-state index in [1.807, 2.05) is 6.07 Å². The summed E-state index contributed by atoms with van der Waals surface area (Å²) in [5.74, 6) is -1.43. The van der Waals surface area contributed by atoms with Gasteiger partial charge in [0, 0.05) is 19.0 Å². The lowest BCUT2D eigenvalue weighted by Gasteiger charge is -2.13. The Labute approximate surface area is 251 Å². The molecule has 1 aromatic heterocycles. The van der Waals surface area contributed by atoms with Crippen LogP contribution in [0, 0.1) is 21.4 Å². The van der Waals surface area contributed by atoms with E-state index < -0.39 is 34.3 Å². The molecule has 0 fully saturated rings. The minimum atomic E-state index is -0.699. The zero-order valence-electron chi connectivity index (χ0n) is 23.7. The number of nitrogens with one attached hydrogen (secondary N) is 1. The number of carbonyl (C=O) groups is 4. The minimum absolute atomic E-state index is 0.0107. The second-order valence-corrected chi connectivity index (χ2v) is 9.57. The first-order chi connectivity index (χ1) is 21.2. The molecule has 2 aromatic carbocycles. The number of amides is 3. The maximum atomic E-state index is 12.7. The van der Waals surface area contributed by atoms with E-state index in [1.54, 1.807) is 31.2 Å². The topological polar surface area (TPSA) is 182 Å². The largest absolute Gasteiger partial charge is 0.490 e. The van der Waals surface area contributed by atoms with Gasteiger partial charge >= 0.3 is 5.97 Å². The van der Waals surface area contributed by atoms with E-state index in [0.29, 0.717) is 30.6 Å². The van der Waals surface area contributed by atoms with Gasteiger partial charge in [0.2, 0.25) is 0 Å². The highest BCUT2D eigenvalue weighted by molar-refractivity contribution is 6.23. The molecule has 2 heterocycles. The molecule has 13 heteroatoms. The van der Waals surface area contributed by atoms with Gasteiger partial charge in [-0.1, -0.05) is 18.6 Å². The Morgan fingerprint density at radius 3 is 2.61 bits per heavy atom. The molecule has 0 radical (unpaired) electrons. The third kappa shape index (κ3) is 7.35. The smallest absolute Gasteiger partial charge is 0.311 e. The molecule has 0 unspecified atom stereocenters. The Balaban J connectivity index is 1.28. The molecular weight excluding hydrogens is 572 g/mol. The van der Waals surface area contributed by atoms with Crippen molar-refractivity contribution in [2.75, 3.05) is 13.2 Å². The summed E-state index contributed by atoms with van der Waals surface area (Å²) >= 11 is 0. The van der Waals surface area contributed by atoms with Crippen LogP contribution < -0.4 is 14.8 Å². The molecule has 0 saturated heterocycles. The lowest BCUT2D eigenvalue weighted by molar-refractivity contribution is -0.385. The van der Waals surface area contributed by atoms with Crippen LogP contribution >= 0.6 is 0 Å². The van der Waals surface area contributed by atoms with Crippen molar-refractivity contribution in [2.24, 2.45) is 0 Å². The molecule has 1 aliphatic rings. The third-order valence-electron chi connectivity index (χ3n) is 6.61. The van der Waals surface area contributed by atoms with E-state index >= 15 is 0 Å². The number of nitriles is 1. The number of fused-ring (bicyclic) bond motifs is 1. The van der Waals surface area contributed by atoms with Gasteiger partial charge in [0.15, 0.2) is 11.5 Å². The maximum Gasteiger partial charge on any atom is 0.311 e. The summed E-state index contributed by atoms with van der Waals surface area (Å²) in [4.78, 5) is 61.8. The predicted octanol–water partition coefficient (Wildman–Crippen LogP) is 4.57. The maximum absolute atomic E-state index is 12.7. The first kappa shape index (κ1) is 31.2. The number of unbranched alkanes of at least 4 members (excludes halogenated alkanes) is 2. The average Bonchev–Trinajstić information content (AvgIpc) is 3.62. The highest BCUT2D eigenvalue weighted by Crippen LogP contribution is 2.32. The van der Waals surface area contributed by atoms with Crippen molar-refractivity contribution >= 4 is 35.5 Å². The number of nitro benzene ring substituents is 1. The molecule has 44 heavy (non-hydrogen) atoms. The SMILES string of the molecule is CCOc1cc(/C=C(\C#N)C(=O)NCc2ccco2)ccc1OC(=O)CCCCCN1C(=O)c2cccc([N+](=O)[O-])c2C1=O. The summed E-state index contributed by atoms with van der Waals surface area (Å²) in [6, 6.07) is 13.8. The number of nitrogens with zero attached hydrogens (tertiary/aromatic N) is 3. The van der Waals surface area contributed by atoms with Gasteiger partial charge in [0.1, 0.15) is 23.0 Å². The molecule has 226 valence electrons. The Morgan fingerprint density at radius 1 is 1.09 bits per heavy atom. The van der Waals surface area contributed by atoms with Crippen molar-refractivity contribution in [1.29, 1.82) is 5.26 Å². The van der Waals surface area contributed by atoms with Gasteiger partial charge in [0.25, 0.3) is 23.4 Å². The molecule has 3 amide bonds. The van der Waals surface area contributed by atoms with E-state index in [4.69, 9.17) is 13.9 Å². The molecule has 0 atom stereocenters. The quantitative estimate of drug-likeness (QED) is 0.0402. The van der Waals surface area contributed by atoms with Gasteiger partial charge in [-0.25, -0.2) is 0 Å². The van der Waals surface area contributed by atoms with Gasteiger partial charge in [-0.15, -0.1) is 0 Å². The molecule has 3 aromatic rings. The minimum Gasteiger partial charge on any atom is -0.490 e. The number of rotatable bonds is 14. The first-order valence-corrected chi connectivity index (χ1v) is 13.8. The van der Waals surface area contributed by atoms with Crippen molar-refractivity contribution < 1.29 is 38.0 Å². The van der Waals surface area contributed by atoms with Crippen LogP contribution in [0.25, 0.3) is 6.08 Å². The van der Waals surface area contributed by atoms with Crippen LogP contribution in [0.15, 0.2) is 64.8 Å². The van der Waals surface area contributed by atoms with Gasteiger partial charge in [-0.2, -0.15) is 5.26 Å². The normalized spacial score (nSPS) is 12.5. The van der Waals surface area contributed by atoms with Crippen LogP contribution in [-0.2, 0) is 16.1 Å². The Kier molecular flexibility index (Phi) is 10.2. The number of nitro groups is 1. The number of hydrogen-bond acceptors (Lipinski definition) is 10. The van der Waals surface area contributed by atoms with Crippen molar-refractivity contribution in [3.8, 4) is 17.6 Å². The van der Waals surface area contributed by atoms with Crippen LogP contribution in [0.4, 0.5) is 5.69 Å². The van der Waals surface area contributed by atoms with Crippen molar-refractivity contribution in [3.05, 3.63) is 92.9 Å².